The number of hydrogen-bond donors (Lipinski definition) is 0. The summed E-state index contributed by atoms with van der Waals surface area (Å²) in [4.78, 5) is 2.76. The summed E-state index contributed by atoms with van der Waals surface area (Å²) in [5.41, 5.74) is 2.73. The summed E-state index contributed by atoms with van der Waals surface area (Å²) < 4.78 is 0. The number of alkyl halides is 1. The van der Waals surface area contributed by atoms with Crippen molar-refractivity contribution in [3.63, 3.8) is 0 Å². The Hall–Kier alpha value is -0.760. The first kappa shape index (κ1) is 18.6. The third-order valence-corrected chi connectivity index (χ3v) is 5.78. The molecule has 1 nitrogen and oxygen atoms in total. The van der Waals surface area contributed by atoms with Gasteiger partial charge in [-0.2, -0.15) is 0 Å². The lowest BCUT2D eigenvalue weighted by molar-refractivity contribution is 0.349. The molecule has 0 amide bonds. The molecular formula is C21H32BrN. The Bertz CT molecular complexity index is 469. The minimum atomic E-state index is 0.335. The monoisotopic (exact) mass is 377 g/mol. The smallest absolute Gasteiger partial charge is 0.110 e. The molecule has 0 radical (unpaired) electrons. The summed E-state index contributed by atoms with van der Waals surface area (Å²) >= 11 is 3.85. The highest BCUT2D eigenvalue weighted by molar-refractivity contribution is 9.09. The van der Waals surface area contributed by atoms with Gasteiger partial charge in [0.25, 0.3) is 0 Å². The first-order valence-corrected chi connectivity index (χ1v) is 10.4. The Morgan fingerprint density at radius 3 is 2.17 bits per heavy atom. The summed E-state index contributed by atoms with van der Waals surface area (Å²) in [7, 11) is 0. The van der Waals surface area contributed by atoms with Gasteiger partial charge in [-0.05, 0) is 23.6 Å². The van der Waals surface area contributed by atoms with Gasteiger partial charge in [0.1, 0.15) is 4.95 Å². The van der Waals surface area contributed by atoms with Gasteiger partial charge in [0.05, 0.1) is 0 Å². The molecule has 1 aromatic rings. The van der Waals surface area contributed by atoms with E-state index in [0.29, 0.717) is 4.95 Å². The molecule has 1 unspecified atom stereocenters. The van der Waals surface area contributed by atoms with Crippen LogP contribution in [0.1, 0.15) is 87.2 Å². The molecule has 0 fully saturated rings. The van der Waals surface area contributed by atoms with Crippen molar-refractivity contribution < 1.29 is 0 Å². The maximum atomic E-state index is 3.85. The molecule has 1 aromatic carbocycles. The second kappa shape index (κ2) is 10.9. The highest BCUT2D eigenvalue weighted by atomic mass is 79.9. The van der Waals surface area contributed by atoms with Crippen molar-refractivity contribution in [2.75, 3.05) is 6.54 Å². The molecule has 1 aliphatic heterocycles. The lowest BCUT2D eigenvalue weighted by Gasteiger charge is -2.31. The summed E-state index contributed by atoms with van der Waals surface area (Å²) in [5.74, 6) is 0. The van der Waals surface area contributed by atoms with Crippen LogP contribution in [0.15, 0.2) is 30.5 Å². The van der Waals surface area contributed by atoms with E-state index in [9.17, 15) is 0 Å². The quantitative estimate of drug-likeness (QED) is 0.222. The summed E-state index contributed by atoms with van der Waals surface area (Å²) in [6.07, 6.45) is 18.5. The van der Waals surface area contributed by atoms with Gasteiger partial charge in [-0.1, -0.05) is 105 Å². The minimum absolute atomic E-state index is 0.335. The van der Waals surface area contributed by atoms with Gasteiger partial charge in [0.15, 0.2) is 0 Å². The number of benzene rings is 1. The number of rotatable bonds is 11. The second-order valence-electron chi connectivity index (χ2n) is 6.70. The minimum Gasteiger partial charge on any atom is -0.361 e. The molecular weight excluding hydrogens is 346 g/mol. The highest BCUT2D eigenvalue weighted by Crippen LogP contribution is 2.34. The van der Waals surface area contributed by atoms with Gasteiger partial charge >= 0.3 is 0 Å². The largest absolute Gasteiger partial charge is 0.361 e. The van der Waals surface area contributed by atoms with Crippen molar-refractivity contribution in [3.8, 4) is 0 Å². The van der Waals surface area contributed by atoms with E-state index in [1.165, 1.54) is 75.3 Å². The predicted octanol–water partition coefficient (Wildman–Crippen LogP) is 7.29. The summed E-state index contributed by atoms with van der Waals surface area (Å²) in [6.45, 7) is 3.44. The highest BCUT2D eigenvalue weighted by Gasteiger charge is 2.19. The van der Waals surface area contributed by atoms with Crippen LogP contribution in [0.3, 0.4) is 0 Å². The lowest BCUT2D eigenvalue weighted by atomic mass is 10.0. The SMILES string of the molecule is CCCCCCCCCCCCN1C=Cc2ccccc2C1Br. The Morgan fingerprint density at radius 1 is 0.870 bits per heavy atom. The van der Waals surface area contributed by atoms with Crippen molar-refractivity contribution >= 4 is 22.0 Å². The van der Waals surface area contributed by atoms with E-state index >= 15 is 0 Å². The zero-order chi connectivity index (χ0) is 16.3. The first-order valence-electron chi connectivity index (χ1n) is 9.50. The lowest BCUT2D eigenvalue weighted by Crippen LogP contribution is -2.23. The molecule has 0 aromatic heterocycles. The summed E-state index contributed by atoms with van der Waals surface area (Å²) in [6, 6.07) is 8.66. The van der Waals surface area contributed by atoms with Crippen LogP contribution in [0.5, 0.6) is 0 Å². The zero-order valence-corrected chi connectivity index (χ0v) is 16.2. The molecule has 2 rings (SSSR count). The van der Waals surface area contributed by atoms with Gasteiger partial charge < -0.3 is 4.90 Å². The Kier molecular flexibility index (Phi) is 8.81. The van der Waals surface area contributed by atoms with Gasteiger partial charge in [-0.3, -0.25) is 0 Å². The fraction of sp³-hybridized carbons (Fsp3) is 0.619. The maximum absolute atomic E-state index is 3.85. The molecule has 0 saturated carbocycles. The third-order valence-electron chi connectivity index (χ3n) is 4.76. The van der Waals surface area contributed by atoms with Crippen LogP contribution in [0, 0.1) is 0 Å². The van der Waals surface area contributed by atoms with Crippen LogP contribution >= 0.6 is 15.9 Å². The van der Waals surface area contributed by atoms with E-state index in [0.717, 1.165) is 6.54 Å². The molecule has 0 bridgehead atoms. The number of fused-ring (bicyclic) bond motifs is 1. The molecule has 23 heavy (non-hydrogen) atoms. The average molecular weight is 378 g/mol. The van der Waals surface area contributed by atoms with Crippen LogP contribution in [0.25, 0.3) is 6.08 Å². The predicted molar refractivity (Wildman–Crippen MR) is 106 cm³/mol. The van der Waals surface area contributed by atoms with Crippen molar-refractivity contribution in [3.05, 3.63) is 41.6 Å². The molecule has 0 spiro atoms. The normalized spacial score (nSPS) is 16.6. The first-order chi connectivity index (χ1) is 11.3. The molecule has 0 N–H and O–H groups in total. The molecule has 0 saturated heterocycles. The van der Waals surface area contributed by atoms with Gasteiger partial charge in [0, 0.05) is 12.7 Å². The van der Waals surface area contributed by atoms with Gasteiger partial charge in [-0.25, -0.2) is 0 Å². The van der Waals surface area contributed by atoms with Gasteiger partial charge in [0.2, 0.25) is 0 Å². The van der Waals surface area contributed by atoms with E-state index in [4.69, 9.17) is 0 Å². The Balaban J connectivity index is 1.54. The van der Waals surface area contributed by atoms with Crippen LogP contribution in [-0.4, -0.2) is 11.4 Å². The number of unbranched alkanes of at least 4 members (excludes halogenated alkanes) is 9. The maximum Gasteiger partial charge on any atom is 0.110 e. The van der Waals surface area contributed by atoms with E-state index in [-0.39, 0.29) is 0 Å². The van der Waals surface area contributed by atoms with E-state index in [1.54, 1.807) is 0 Å². The van der Waals surface area contributed by atoms with Crippen LogP contribution in [0.4, 0.5) is 0 Å². The average Bonchev–Trinajstić information content (AvgIpc) is 2.58. The number of halogens is 1. The number of hydrogen-bond acceptors (Lipinski definition) is 1. The zero-order valence-electron chi connectivity index (χ0n) is 14.6. The second-order valence-corrected chi connectivity index (χ2v) is 7.57. The van der Waals surface area contributed by atoms with E-state index in [1.807, 2.05) is 0 Å². The van der Waals surface area contributed by atoms with Crippen molar-refractivity contribution in [1.29, 1.82) is 0 Å². The van der Waals surface area contributed by atoms with Gasteiger partial charge in [-0.15, -0.1) is 0 Å². The standard InChI is InChI=1S/C21H32BrN/c1-2-3-4-5-6-7-8-9-10-13-17-23-18-16-19-14-11-12-15-20(19)21(23)22/h11-12,14-16,18,21H,2-10,13,17H2,1H3. The topological polar surface area (TPSA) is 3.24 Å². The fourth-order valence-corrected chi connectivity index (χ4v) is 4.04. The molecule has 1 aliphatic rings. The Morgan fingerprint density at radius 2 is 1.48 bits per heavy atom. The van der Waals surface area contributed by atoms with Crippen LogP contribution < -0.4 is 0 Å². The molecule has 1 heterocycles. The molecule has 1 atom stereocenters. The third kappa shape index (κ3) is 6.33. The van der Waals surface area contributed by atoms with Crippen molar-refractivity contribution in [1.82, 2.24) is 4.90 Å². The van der Waals surface area contributed by atoms with E-state index < -0.39 is 0 Å². The molecule has 128 valence electrons. The van der Waals surface area contributed by atoms with Crippen LogP contribution in [0.2, 0.25) is 0 Å². The molecule has 2 heteroatoms. The van der Waals surface area contributed by atoms with E-state index in [2.05, 4.69) is 64.3 Å². The fourth-order valence-electron chi connectivity index (χ4n) is 3.28. The number of nitrogens with zero attached hydrogens (tertiary/aromatic N) is 1. The van der Waals surface area contributed by atoms with Crippen molar-refractivity contribution in [2.45, 2.75) is 76.1 Å². The summed E-state index contributed by atoms with van der Waals surface area (Å²) in [5, 5.41) is 0. The Labute approximate surface area is 151 Å². The molecule has 0 aliphatic carbocycles. The van der Waals surface area contributed by atoms with Crippen molar-refractivity contribution in [2.24, 2.45) is 0 Å². The van der Waals surface area contributed by atoms with Crippen LogP contribution in [-0.2, 0) is 0 Å².